The highest BCUT2D eigenvalue weighted by molar-refractivity contribution is 7.98. The molecule has 140 valence electrons. The van der Waals surface area contributed by atoms with Gasteiger partial charge in [-0.2, -0.15) is 0 Å². The van der Waals surface area contributed by atoms with Gasteiger partial charge in [0.25, 0.3) is 0 Å². The molecule has 0 radical (unpaired) electrons. The molecule has 4 rings (SSSR count). The predicted octanol–water partition coefficient (Wildman–Crippen LogP) is 3.65. The minimum Gasteiger partial charge on any atom is -0.358 e. The van der Waals surface area contributed by atoms with Crippen LogP contribution in [0.5, 0.6) is 0 Å². The molecule has 2 heterocycles. The van der Waals surface area contributed by atoms with E-state index in [9.17, 15) is 4.79 Å². The number of thioether (sulfide) groups is 1. The topological polar surface area (TPSA) is 58.1 Å². The third-order valence-electron chi connectivity index (χ3n) is 4.72. The highest BCUT2D eigenvalue weighted by Crippen LogP contribution is 2.40. The number of amides is 1. The number of carbonyl (C=O) groups excluding carboxylic acids is 1. The first kappa shape index (κ1) is 18.3. The number of nitrogens with zero attached hydrogens (tertiary/aromatic N) is 3. The van der Waals surface area contributed by atoms with Crippen LogP contribution in [0.3, 0.4) is 0 Å². The van der Waals surface area contributed by atoms with Crippen molar-refractivity contribution >= 4 is 45.0 Å². The monoisotopic (exact) mass is 398 g/mol. The lowest BCUT2D eigenvalue weighted by Crippen LogP contribution is -2.33. The van der Waals surface area contributed by atoms with Gasteiger partial charge in [0.1, 0.15) is 16.5 Å². The van der Waals surface area contributed by atoms with Crippen molar-refractivity contribution in [3.63, 3.8) is 0 Å². The van der Waals surface area contributed by atoms with Gasteiger partial charge in [0.2, 0.25) is 5.91 Å². The van der Waals surface area contributed by atoms with Gasteiger partial charge >= 0.3 is 0 Å². The maximum Gasteiger partial charge on any atom is 0.239 e. The van der Waals surface area contributed by atoms with Crippen molar-refractivity contribution in [3.8, 4) is 0 Å². The van der Waals surface area contributed by atoms with E-state index in [4.69, 9.17) is 9.97 Å². The molecule has 3 aromatic rings. The Balaban J connectivity index is 1.70. The van der Waals surface area contributed by atoms with E-state index in [-0.39, 0.29) is 5.91 Å². The number of aryl methyl sites for hydroxylation is 2. The lowest BCUT2D eigenvalue weighted by atomic mass is 10.2. The Morgan fingerprint density at radius 2 is 2.07 bits per heavy atom. The SMILES string of the molecule is CNC(=O)CN(C)c1nc(CSc2ccccc2)nc2sc3c(c12)CCC3. The van der Waals surface area contributed by atoms with Crippen LogP contribution in [0, 0.1) is 0 Å². The fourth-order valence-electron chi connectivity index (χ4n) is 3.39. The number of hydrogen-bond donors (Lipinski definition) is 1. The van der Waals surface area contributed by atoms with Crippen molar-refractivity contribution in [1.29, 1.82) is 0 Å². The summed E-state index contributed by atoms with van der Waals surface area (Å²) in [6.07, 6.45) is 3.40. The quantitative estimate of drug-likeness (QED) is 0.642. The molecular weight excluding hydrogens is 376 g/mol. The fourth-order valence-corrected chi connectivity index (χ4v) is 5.44. The summed E-state index contributed by atoms with van der Waals surface area (Å²) in [7, 11) is 3.60. The molecule has 0 unspecified atom stereocenters. The highest BCUT2D eigenvalue weighted by Gasteiger charge is 2.24. The standard InChI is InChI=1S/C20H22N4OS2/c1-21-17(25)11-24(2)19-18-14-9-6-10-15(14)27-20(18)23-16(22-19)12-26-13-7-4-3-5-8-13/h3-5,7-8H,6,9-12H2,1-2H3,(H,21,25). The third-order valence-corrected chi connectivity index (χ3v) is 6.92. The van der Waals surface area contributed by atoms with Gasteiger partial charge in [-0.15, -0.1) is 23.1 Å². The van der Waals surface area contributed by atoms with Crippen LogP contribution in [-0.2, 0) is 23.4 Å². The van der Waals surface area contributed by atoms with Gasteiger partial charge in [0.05, 0.1) is 17.7 Å². The molecule has 5 nitrogen and oxygen atoms in total. The minimum atomic E-state index is -0.0173. The molecular formula is C20H22N4OS2. The largest absolute Gasteiger partial charge is 0.358 e. The number of aromatic nitrogens is 2. The molecule has 0 saturated carbocycles. The number of rotatable bonds is 6. The van der Waals surface area contributed by atoms with Crippen molar-refractivity contribution < 1.29 is 4.79 Å². The molecule has 1 amide bonds. The van der Waals surface area contributed by atoms with Gasteiger partial charge in [-0.05, 0) is 37.0 Å². The molecule has 0 bridgehead atoms. The molecule has 1 N–H and O–H groups in total. The summed E-state index contributed by atoms with van der Waals surface area (Å²) in [6, 6.07) is 10.3. The van der Waals surface area contributed by atoms with Crippen LogP contribution in [0.25, 0.3) is 10.2 Å². The average molecular weight is 399 g/mol. The third kappa shape index (κ3) is 3.80. The molecule has 7 heteroatoms. The highest BCUT2D eigenvalue weighted by atomic mass is 32.2. The summed E-state index contributed by atoms with van der Waals surface area (Å²) < 4.78 is 0. The average Bonchev–Trinajstić information content (AvgIpc) is 3.27. The summed E-state index contributed by atoms with van der Waals surface area (Å²) in [5, 5.41) is 3.84. The maximum atomic E-state index is 11.9. The van der Waals surface area contributed by atoms with Gasteiger partial charge in [0, 0.05) is 23.9 Å². The maximum absolute atomic E-state index is 11.9. The lowest BCUT2D eigenvalue weighted by Gasteiger charge is -2.19. The smallest absolute Gasteiger partial charge is 0.239 e. The van der Waals surface area contributed by atoms with Crippen molar-refractivity contribution in [2.45, 2.75) is 29.9 Å². The van der Waals surface area contributed by atoms with Crippen molar-refractivity contribution in [2.24, 2.45) is 0 Å². The Morgan fingerprint density at radius 1 is 1.26 bits per heavy atom. The second kappa shape index (κ2) is 7.86. The van der Waals surface area contributed by atoms with E-state index in [0.29, 0.717) is 12.3 Å². The van der Waals surface area contributed by atoms with Crippen LogP contribution in [-0.4, -0.2) is 36.5 Å². The number of hydrogen-bond acceptors (Lipinski definition) is 6. The number of fused-ring (bicyclic) bond motifs is 3. The van der Waals surface area contributed by atoms with Gasteiger partial charge in [0.15, 0.2) is 0 Å². The van der Waals surface area contributed by atoms with E-state index in [1.807, 2.05) is 30.1 Å². The summed E-state index contributed by atoms with van der Waals surface area (Å²) in [5.41, 5.74) is 1.39. The zero-order valence-corrected chi connectivity index (χ0v) is 17.1. The summed E-state index contributed by atoms with van der Waals surface area (Å²) >= 11 is 3.52. The first-order valence-corrected chi connectivity index (χ1v) is 10.9. The van der Waals surface area contributed by atoms with E-state index < -0.39 is 0 Å². The zero-order valence-electron chi connectivity index (χ0n) is 15.5. The summed E-state index contributed by atoms with van der Waals surface area (Å²) in [4.78, 5) is 27.3. The Labute approximate surface area is 167 Å². The number of benzene rings is 1. The van der Waals surface area contributed by atoms with Crippen LogP contribution >= 0.6 is 23.1 Å². The van der Waals surface area contributed by atoms with E-state index in [0.717, 1.165) is 34.7 Å². The summed E-state index contributed by atoms with van der Waals surface area (Å²) in [5.74, 6) is 2.39. The number of likely N-dealkylation sites (N-methyl/N-ethyl adjacent to an activating group) is 2. The van der Waals surface area contributed by atoms with E-state index >= 15 is 0 Å². The molecule has 0 fully saturated rings. The second-order valence-corrected chi connectivity index (χ2v) is 8.76. The second-order valence-electron chi connectivity index (χ2n) is 6.63. The number of thiophene rings is 1. The molecule has 1 aliphatic rings. The molecule has 0 saturated heterocycles. The minimum absolute atomic E-state index is 0.0173. The normalized spacial score (nSPS) is 13.0. The molecule has 0 atom stereocenters. The van der Waals surface area contributed by atoms with Crippen LogP contribution in [0.1, 0.15) is 22.7 Å². The Hall–Kier alpha value is -2.12. The van der Waals surface area contributed by atoms with Crippen molar-refractivity contribution in [1.82, 2.24) is 15.3 Å². The number of anilines is 1. The molecule has 27 heavy (non-hydrogen) atoms. The number of nitrogens with one attached hydrogen (secondary N) is 1. The van der Waals surface area contributed by atoms with Crippen LogP contribution in [0.4, 0.5) is 5.82 Å². The van der Waals surface area contributed by atoms with Crippen molar-refractivity contribution in [3.05, 3.63) is 46.6 Å². The Morgan fingerprint density at radius 3 is 2.85 bits per heavy atom. The van der Waals surface area contributed by atoms with E-state index in [1.54, 1.807) is 30.1 Å². The molecule has 0 spiro atoms. The van der Waals surface area contributed by atoms with E-state index in [2.05, 4.69) is 17.4 Å². The Kier molecular flexibility index (Phi) is 5.31. The van der Waals surface area contributed by atoms with Gasteiger partial charge in [-0.25, -0.2) is 9.97 Å². The van der Waals surface area contributed by atoms with Crippen LogP contribution in [0.2, 0.25) is 0 Å². The first-order chi connectivity index (χ1) is 13.2. The predicted molar refractivity (Wildman–Crippen MR) is 113 cm³/mol. The summed E-state index contributed by atoms with van der Waals surface area (Å²) in [6.45, 7) is 0.290. The van der Waals surface area contributed by atoms with Crippen LogP contribution < -0.4 is 10.2 Å². The molecule has 1 aliphatic carbocycles. The Bertz CT molecular complexity index is 971. The molecule has 1 aromatic carbocycles. The van der Waals surface area contributed by atoms with Crippen molar-refractivity contribution in [2.75, 3.05) is 25.5 Å². The van der Waals surface area contributed by atoms with Gasteiger partial charge in [-0.3, -0.25) is 4.79 Å². The van der Waals surface area contributed by atoms with Gasteiger partial charge in [-0.1, -0.05) is 18.2 Å². The van der Waals surface area contributed by atoms with E-state index in [1.165, 1.54) is 21.8 Å². The molecule has 0 aliphatic heterocycles. The van der Waals surface area contributed by atoms with Gasteiger partial charge < -0.3 is 10.2 Å². The first-order valence-electron chi connectivity index (χ1n) is 9.06. The number of carbonyl (C=O) groups is 1. The lowest BCUT2D eigenvalue weighted by molar-refractivity contribution is -0.119. The zero-order chi connectivity index (χ0) is 18.8. The fraction of sp³-hybridized carbons (Fsp3) is 0.350. The molecule has 2 aromatic heterocycles. The van der Waals surface area contributed by atoms with Crippen LogP contribution in [0.15, 0.2) is 35.2 Å².